The van der Waals surface area contributed by atoms with E-state index < -0.39 is 54.9 Å². The maximum Gasteiger partial charge on any atom is 2.00 e. The Labute approximate surface area is 179 Å². The van der Waals surface area contributed by atoms with Crippen LogP contribution >= 0.6 is 0 Å². The van der Waals surface area contributed by atoms with Gasteiger partial charge < -0.3 is 9.11 Å². The molecule has 23 heteroatoms. The van der Waals surface area contributed by atoms with Crippen LogP contribution in [0.15, 0.2) is 0 Å². The smallest absolute Gasteiger partial charge is 0.743 e. The van der Waals surface area contributed by atoms with Gasteiger partial charge in [-0.3, -0.25) is 0 Å². The van der Waals surface area contributed by atoms with Crippen molar-refractivity contribution in [1.29, 1.82) is 0 Å². The molecule has 0 saturated carbocycles. The molecule has 0 aliphatic rings. The molecule has 29 heavy (non-hydrogen) atoms. The van der Waals surface area contributed by atoms with Gasteiger partial charge in [-0.2, -0.15) is 61.5 Å². The van der Waals surface area contributed by atoms with Gasteiger partial charge in [-0.05, 0) is 0 Å². The molecule has 0 N–H and O–H groups in total. The molecular weight excluding hydrogens is 538 g/mol. The van der Waals surface area contributed by atoms with Crippen LogP contribution < -0.4 is 0 Å². The Kier molecular flexibility index (Phi) is 10.4. The first-order chi connectivity index (χ1) is 11.5. The fourth-order valence-electron chi connectivity index (χ4n) is 0.644. The monoisotopic (exact) mass is 538 g/mol. The zero-order chi connectivity index (χ0) is 24.0. The van der Waals surface area contributed by atoms with Gasteiger partial charge in [0, 0.05) is 0 Å². The van der Waals surface area contributed by atoms with E-state index in [0.29, 0.717) is 0 Å². The molecule has 0 rings (SSSR count). The molecule has 0 aromatic heterocycles. The molecule has 0 radical (unpaired) electrons. The van der Waals surface area contributed by atoms with Crippen LogP contribution in [0.25, 0.3) is 0 Å². The average Bonchev–Trinajstić information content (AvgIpc) is 2.33. The summed E-state index contributed by atoms with van der Waals surface area (Å²) in [7, 11) is -14.2. The molecule has 0 unspecified atom stereocenters. The van der Waals surface area contributed by atoms with E-state index in [-0.39, 0.29) is 37.7 Å². The molecule has 0 bridgehead atoms. The van der Waals surface area contributed by atoms with E-state index in [9.17, 15) is 87.4 Å². The van der Waals surface area contributed by atoms with Crippen molar-refractivity contribution in [1.82, 2.24) is 0 Å². The minimum absolute atomic E-state index is 0. The van der Waals surface area contributed by atoms with Gasteiger partial charge in [-0.15, -0.1) is 0 Å². The summed E-state index contributed by atoms with van der Waals surface area (Å²) < 4.78 is 218. The van der Waals surface area contributed by atoms with Gasteiger partial charge in [0.1, 0.15) is 0 Å². The Morgan fingerprint density at radius 2 is 0.586 bits per heavy atom. The van der Waals surface area contributed by atoms with Gasteiger partial charge in [-0.1, -0.05) is 0 Å². The molecule has 0 fully saturated rings. The van der Waals surface area contributed by atoms with E-state index in [1.807, 2.05) is 0 Å². The summed E-state index contributed by atoms with van der Waals surface area (Å²) >= 11 is 0. The van der Waals surface area contributed by atoms with Crippen LogP contribution in [0.4, 0.5) is 61.5 Å². The molecule has 172 valence electrons. The second-order valence-electron chi connectivity index (χ2n) is 4.09. The first-order valence-electron chi connectivity index (χ1n) is 5.05. The van der Waals surface area contributed by atoms with Crippen LogP contribution in [0.2, 0.25) is 0 Å². The normalized spacial score (nSPS) is 15.2. The largest absolute Gasteiger partial charge is 2.00 e. The van der Waals surface area contributed by atoms with E-state index in [1.165, 1.54) is 0 Å². The summed E-state index contributed by atoms with van der Waals surface area (Å²) in [6.07, 6.45) is -13.7. The number of alkyl halides is 14. The van der Waals surface area contributed by atoms with Crippen LogP contribution in [0, 0.1) is 0 Å². The Hall–Kier alpha value is 0.0997. The summed E-state index contributed by atoms with van der Waals surface area (Å²) in [6.45, 7) is 0. The average molecular weight is 538 g/mol. The third kappa shape index (κ3) is 6.54. The van der Waals surface area contributed by atoms with Crippen molar-refractivity contribution >= 4 is 58.0 Å². The minimum atomic E-state index is -7.10. The summed E-state index contributed by atoms with van der Waals surface area (Å²) in [5.41, 5.74) is 0. The summed E-state index contributed by atoms with van der Waals surface area (Å²) in [5.74, 6) is -13.8. The molecule has 6 nitrogen and oxygen atoms in total. The fraction of sp³-hybridized carbons (Fsp3) is 1.00. The Morgan fingerprint density at radius 1 is 0.448 bits per heavy atom. The fourth-order valence-corrected chi connectivity index (χ4v) is 1.50. The van der Waals surface area contributed by atoms with E-state index in [1.54, 1.807) is 0 Å². The van der Waals surface area contributed by atoms with Gasteiger partial charge in [0.15, 0.2) is 20.2 Å². The predicted octanol–water partition coefficient (Wildman–Crippen LogP) is 2.26. The summed E-state index contributed by atoms with van der Waals surface area (Å²) in [4.78, 5) is 0. The van der Waals surface area contributed by atoms with E-state index in [2.05, 4.69) is 0 Å². The molecule has 0 aromatic rings. The molecule has 0 aromatic carbocycles. The van der Waals surface area contributed by atoms with Crippen LogP contribution in [0.1, 0.15) is 0 Å². The van der Waals surface area contributed by atoms with Gasteiger partial charge in [0.25, 0.3) is 0 Å². The predicted molar refractivity (Wildman–Crippen MR) is 57.0 cm³/mol. The molecule has 0 aliphatic carbocycles. The quantitative estimate of drug-likeness (QED) is 0.308. The molecule has 0 atom stereocenters. The van der Waals surface area contributed by atoms with Crippen LogP contribution in [-0.2, 0) is 20.2 Å². The molecule has 0 heterocycles. The Balaban J connectivity index is -0.000000451. The van der Waals surface area contributed by atoms with Crippen molar-refractivity contribution in [3.05, 3.63) is 0 Å². The van der Waals surface area contributed by atoms with Gasteiger partial charge >= 0.3 is 72.4 Å². The second-order valence-corrected chi connectivity index (χ2v) is 6.93. The molecular formula is C6CaF14O6S2. The molecule has 0 spiro atoms. The molecule has 0 amide bonds. The standard InChI is InChI=1S/2C3HF7O3S.Ca/c2*4-1(5,2(6,7)8)3(9,10)14(11,12)13;/h2*(H,11,12,13);/q;;+2/p-2. The zero-order valence-corrected chi connectivity index (χ0v) is 16.1. The molecule has 0 aliphatic heterocycles. The van der Waals surface area contributed by atoms with E-state index in [0.717, 1.165) is 0 Å². The maximum atomic E-state index is 11.8. The first kappa shape index (κ1) is 33.7. The Morgan fingerprint density at radius 3 is 0.621 bits per heavy atom. The SMILES string of the molecule is O=S(=O)([O-])C(F)(F)C(F)(F)C(F)(F)F.O=S(=O)([O-])C(F)(F)C(F)(F)C(F)(F)F.[Ca+2]. The minimum Gasteiger partial charge on any atom is -0.743 e. The second kappa shape index (κ2) is 8.92. The Bertz CT molecular complexity index is 699. The van der Waals surface area contributed by atoms with Crippen LogP contribution in [0.5, 0.6) is 0 Å². The maximum absolute atomic E-state index is 11.8. The van der Waals surface area contributed by atoms with Crippen molar-refractivity contribution in [2.24, 2.45) is 0 Å². The van der Waals surface area contributed by atoms with Crippen molar-refractivity contribution in [3.8, 4) is 0 Å². The number of halogens is 14. The van der Waals surface area contributed by atoms with Crippen molar-refractivity contribution in [3.63, 3.8) is 0 Å². The van der Waals surface area contributed by atoms with Gasteiger partial charge in [-0.25, -0.2) is 16.8 Å². The summed E-state index contributed by atoms with van der Waals surface area (Å²) in [6, 6.07) is 0. The van der Waals surface area contributed by atoms with Crippen LogP contribution in [-0.4, -0.2) is 98.4 Å². The van der Waals surface area contributed by atoms with Crippen LogP contribution in [0.3, 0.4) is 0 Å². The summed E-state index contributed by atoms with van der Waals surface area (Å²) in [5, 5.41) is -13.4. The van der Waals surface area contributed by atoms with Gasteiger partial charge in [0.2, 0.25) is 0 Å². The number of hydrogen-bond acceptors (Lipinski definition) is 6. The van der Waals surface area contributed by atoms with Crippen molar-refractivity contribution in [2.45, 2.75) is 34.7 Å². The van der Waals surface area contributed by atoms with Gasteiger partial charge in [0.05, 0.1) is 0 Å². The topological polar surface area (TPSA) is 114 Å². The van der Waals surface area contributed by atoms with Crippen molar-refractivity contribution < 1.29 is 87.4 Å². The third-order valence-electron chi connectivity index (χ3n) is 2.07. The molecule has 0 saturated heterocycles. The number of hydrogen-bond donors (Lipinski definition) is 0. The van der Waals surface area contributed by atoms with Crippen molar-refractivity contribution in [2.75, 3.05) is 0 Å². The van der Waals surface area contributed by atoms with E-state index in [4.69, 9.17) is 0 Å². The third-order valence-corrected chi connectivity index (χ3v) is 3.84. The number of rotatable bonds is 4. The first-order valence-corrected chi connectivity index (χ1v) is 7.87. The zero-order valence-electron chi connectivity index (χ0n) is 12.3. The van der Waals surface area contributed by atoms with E-state index >= 15 is 0 Å².